The van der Waals surface area contributed by atoms with Gasteiger partial charge in [-0.25, -0.2) is 9.97 Å². The molecule has 0 amide bonds. The summed E-state index contributed by atoms with van der Waals surface area (Å²) in [6, 6.07) is 7.78. The molecule has 2 aromatic rings. The first-order valence-electron chi connectivity index (χ1n) is 7.73. The van der Waals surface area contributed by atoms with E-state index in [0.717, 1.165) is 48.8 Å². The number of hydrogen-bond acceptors (Lipinski definition) is 5. The van der Waals surface area contributed by atoms with E-state index in [-0.39, 0.29) is 6.61 Å². The Morgan fingerprint density at radius 3 is 2.48 bits per heavy atom. The molecule has 118 valence electrons. The van der Waals surface area contributed by atoms with Crippen LogP contribution in [0.15, 0.2) is 36.7 Å². The van der Waals surface area contributed by atoms with Crippen LogP contribution < -0.4 is 4.90 Å². The minimum atomic E-state index is 0.0364. The lowest BCUT2D eigenvalue weighted by atomic mass is 10.1. The Balaban J connectivity index is 1.69. The third-order valence-electron chi connectivity index (χ3n) is 4.05. The van der Waals surface area contributed by atoms with Crippen LogP contribution in [0.2, 0.25) is 0 Å². The van der Waals surface area contributed by atoms with Crippen LogP contribution in [0.3, 0.4) is 0 Å². The number of aliphatic hydroxyl groups is 1. The standard InChI is InChI=1S/C18H20N4O/c1-2-6-21-7-9-22(10-8-21)18-19-12-17(13-20-18)16-5-3-4-15(11-16)14-23/h1,3-5,11-13,23H,6-10,14H2. The van der Waals surface area contributed by atoms with Crippen molar-refractivity contribution >= 4 is 5.95 Å². The lowest BCUT2D eigenvalue weighted by molar-refractivity contribution is 0.282. The van der Waals surface area contributed by atoms with Gasteiger partial charge in [0.15, 0.2) is 0 Å². The van der Waals surface area contributed by atoms with Crippen molar-refractivity contribution in [1.82, 2.24) is 14.9 Å². The number of anilines is 1. The maximum absolute atomic E-state index is 9.23. The SMILES string of the molecule is C#CCN1CCN(c2ncc(-c3cccc(CO)c3)cn2)CC1. The van der Waals surface area contributed by atoms with Gasteiger partial charge >= 0.3 is 0 Å². The number of benzene rings is 1. The van der Waals surface area contributed by atoms with Gasteiger partial charge in [-0.2, -0.15) is 0 Å². The summed E-state index contributed by atoms with van der Waals surface area (Å²) in [6.45, 7) is 4.40. The van der Waals surface area contributed by atoms with Crippen molar-refractivity contribution in [3.05, 3.63) is 42.2 Å². The number of rotatable bonds is 4. The second kappa shape index (κ2) is 7.23. The molecule has 1 fully saturated rings. The average Bonchev–Trinajstić information content (AvgIpc) is 2.63. The summed E-state index contributed by atoms with van der Waals surface area (Å²) in [7, 11) is 0. The Labute approximate surface area is 136 Å². The minimum Gasteiger partial charge on any atom is -0.392 e. The first-order valence-corrected chi connectivity index (χ1v) is 7.73. The molecule has 2 heterocycles. The molecule has 0 aliphatic carbocycles. The lowest BCUT2D eigenvalue weighted by Gasteiger charge is -2.33. The molecule has 1 aliphatic rings. The van der Waals surface area contributed by atoms with Crippen molar-refractivity contribution in [1.29, 1.82) is 0 Å². The number of aromatic nitrogens is 2. The van der Waals surface area contributed by atoms with Crippen molar-refractivity contribution in [2.24, 2.45) is 0 Å². The van der Waals surface area contributed by atoms with Crippen LogP contribution in [0.4, 0.5) is 5.95 Å². The Hall–Kier alpha value is -2.42. The van der Waals surface area contributed by atoms with Crippen molar-refractivity contribution in [3.8, 4) is 23.5 Å². The van der Waals surface area contributed by atoms with E-state index in [1.54, 1.807) is 0 Å². The van der Waals surface area contributed by atoms with Gasteiger partial charge in [-0.05, 0) is 17.2 Å². The Bertz CT molecular complexity index is 685. The van der Waals surface area contributed by atoms with Gasteiger partial charge in [-0.3, -0.25) is 4.90 Å². The van der Waals surface area contributed by atoms with Crippen LogP contribution >= 0.6 is 0 Å². The van der Waals surface area contributed by atoms with Gasteiger partial charge in [0.25, 0.3) is 0 Å². The quantitative estimate of drug-likeness (QED) is 0.865. The first-order chi connectivity index (χ1) is 11.3. The average molecular weight is 308 g/mol. The highest BCUT2D eigenvalue weighted by atomic mass is 16.3. The van der Waals surface area contributed by atoms with Gasteiger partial charge in [-0.15, -0.1) is 6.42 Å². The summed E-state index contributed by atoms with van der Waals surface area (Å²) in [6.07, 6.45) is 9.03. The monoisotopic (exact) mass is 308 g/mol. The Morgan fingerprint density at radius 1 is 1.09 bits per heavy atom. The van der Waals surface area contributed by atoms with Gasteiger partial charge in [0, 0.05) is 44.1 Å². The predicted octanol–water partition coefficient (Wildman–Crippen LogP) is 1.39. The van der Waals surface area contributed by atoms with Crippen molar-refractivity contribution < 1.29 is 5.11 Å². The molecule has 0 bridgehead atoms. The van der Waals surface area contributed by atoms with Crippen molar-refractivity contribution in [2.45, 2.75) is 6.61 Å². The van der Waals surface area contributed by atoms with Crippen LogP contribution in [0, 0.1) is 12.3 Å². The molecule has 0 atom stereocenters. The van der Waals surface area contributed by atoms with E-state index in [9.17, 15) is 5.11 Å². The summed E-state index contributed by atoms with van der Waals surface area (Å²) < 4.78 is 0. The summed E-state index contributed by atoms with van der Waals surface area (Å²) in [5.74, 6) is 3.44. The predicted molar refractivity (Wildman–Crippen MR) is 90.9 cm³/mol. The fourth-order valence-electron chi connectivity index (χ4n) is 2.72. The molecule has 1 aliphatic heterocycles. The molecule has 1 saturated heterocycles. The van der Waals surface area contributed by atoms with Gasteiger partial charge in [0.2, 0.25) is 5.95 Å². The number of aliphatic hydroxyl groups excluding tert-OH is 1. The molecule has 0 spiro atoms. The van der Waals surface area contributed by atoms with Crippen LogP contribution in [0.25, 0.3) is 11.1 Å². The Kier molecular flexibility index (Phi) is 4.86. The highest BCUT2D eigenvalue weighted by Crippen LogP contribution is 2.20. The minimum absolute atomic E-state index is 0.0364. The molecular weight excluding hydrogens is 288 g/mol. The number of hydrogen-bond donors (Lipinski definition) is 1. The number of piperazine rings is 1. The van der Waals surface area contributed by atoms with Gasteiger partial charge < -0.3 is 10.0 Å². The lowest BCUT2D eigenvalue weighted by Crippen LogP contribution is -2.47. The highest BCUT2D eigenvalue weighted by Gasteiger charge is 2.18. The zero-order valence-electron chi connectivity index (χ0n) is 13.0. The van der Waals surface area contributed by atoms with Crippen LogP contribution in [-0.4, -0.2) is 52.7 Å². The molecule has 1 aromatic heterocycles. The summed E-state index contributed by atoms with van der Waals surface area (Å²) >= 11 is 0. The van der Waals surface area contributed by atoms with Gasteiger partial charge in [0.1, 0.15) is 0 Å². The maximum atomic E-state index is 9.23. The molecular formula is C18H20N4O. The topological polar surface area (TPSA) is 52.5 Å². The fraction of sp³-hybridized carbons (Fsp3) is 0.333. The smallest absolute Gasteiger partial charge is 0.225 e. The molecule has 3 rings (SSSR count). The van der Waals surface area contributed by atoms with Crippen LogP contribution in [-0.2, 0) is 6.61 Å². The van der Waals surface area contributed by atoms with Crippen LogP contribution in [0.1, 0.15) is 5.56 Å². The van der Waals surface area contributed by atoms with Gasteiger partial charge in [0.05, 0.1) is 13.2 Å². The van der Waals surface area contributed by atoms with Crippen LogP contribution in [0.5, 0.6) is 0 Å². The van der Waals surface area contributed by atoms with E-state index in [1.165, 1.54) is 0 Å². The normalized spacial score (nSPS) is 15.4. The highest BCUT2D eigenvalue weighted by molar-refractivity contribution is 5.62. The summed E-state index contributed by atoms with van der Waals surface area (Å²) in [4.78, 5) is 13.4. The molecule has 5 heteroatoms. The Morgan fingerprint density at radius 2 is 1.83 bits per heavy atom. The number of terminal acetylenes is 1. The van der Waals surface area contributed by atoms with E-state index in [0.29, 0.717) is 6.54 Å². The zero-order valence-corrected chi connectivity index (χ0v) is 13.0. The number of nitrogens with zero attached hydrogens (tertiary/aromatic N) is 4. The second-order valence-electron chi connectivity index (χ2n) is 5.60. The largest absolute Gasteiger partial charge is 0.392 e. The molecule has 0 saturated carbocycles. The molecule has 0 radical (unpaired) electrons. The van der Waals surface area contributed by atoms with E-state index in [1.807, 2.05) is 36.7 Å². The van der Waals surface area contributed by atoms with Crippen molar-refractivity contribution in [2.75, 3.05) is 37.6 Å². The molecule has 23 heavy (non-hydrogen) atoms. The summed E-state index contributed by atoms with van der Waals surface area (Å²) in [5, 5.41) is 9.23. The first kappa shape index (κ1) is 15.5. The van der Waals surface area contributed by atoms with Gasteiger partial charge in [-0.1, -0.05) is 24.1 Å². The molecule has 1 aromatic carbocycles. The molecule has 5 nitrogen and oxygen atoms in total. The third kappa shape index (κ3) is 3.67. The third-order valence-corrected chi connectivity index (χ3v) is 4.05. The second-order valence-corrected chi connectivity index (χ2v) is 5.60. The zero-order chi connectivity index (χ0) is 16.1. The summed E-state index contributed by atoms with van der Waals surface area (Å²) in [5.41, 5.74) is 2.85. The fourth-order valence-corrected chi connectivity index (χ4v) is 2.72. The molecule has 0 unspecified atom stereocenters. The van der Waals surface area contributed by atoms with E-state index in [4.69, 9.17) is 6.42 Å². The van der Waals surface area contributed by atoms with Crippen molar-refractivity contribution in [3.63, 3.8) is 0 Å². The van der Waals surface area contributed by atoms with E-state index >= 15 is 0 Å². The van der Waals surface area contributed by atoms with E-state index in [2.05, 4.69) is 25.7 Å². The maximum Gasteiger partial charge on any atom is 0.225 e. The van der Waals surface area contributed by atoms with E-state index < -0.39 is 0 Å². The molecule has 1 N–H and O–H groups in total.